The maximum Gasteiger partial charge on any atom is 1.00 e. The molecule has 0 unspecified atom stereocenters. The predicted molar refractivity (Wildman–Crippen MR) is 140 cm³/mol. The van der Waals surface area contributed by atoms with Crippen molar-refractivity contribution in [1.29, 1.82) is 0 Å². The molecule has 1 aromatic carbocycles. The molecule has 1 fully saturated rings. The van der Waals surface area contributed by atoms with Gasteiger partial charge in [-0.25, -0.2) is 0 Å². The molecular weight excluding hydrogens is 400 g/mol. The Balaban J connectivity index is 0.00000274. The Morgan fingerprint density at radius 2 is 1.79 bits per heavy atom. The number of fused-ring (bicyclic) bond motifs is 4. The molecule has 5 rings (SSSR count). The van der Waals surface area contributed by atoms with Crippen molar-refractivity contribution in [3.8, 4) is 0 Å². The molecule has 0 saturated heterocycles. The maximum atomic E-state index is 10.8. The van der Waals surface area contributed by atoms with Gasteiger partial charge in [0.15, 0.2) is 0 Å². The summed E-state index contributed by atoms with van der Waals surface area (Å²) in [5.41, 5.74) is 8.92. The third-order valence-electron chi connectivity index (χ3n) is 11.2. The van der Waals surface area contributed by atoms with Gasteiger partial charge in [0.25, 0.3) is 0 Å². The molecule has 0 aliphatic heterocycles. The van der Waals surface area contributed by atoms with Crippen LogP contribution in [0.15, 0.2) is 47.1 Å². The van der Waals surface area contributed by atoms with Crippen LogP contribution < -0.4 is 0 Å². The molecular formula is C32H47O+. The first kappa shape index (κ1) is 23.4. The molecule has 33 heavy (non-hydrogen) atoms. The molecule has 1 nitrogen and oxygen atoms in total. The fraction of sp³-hybridized carbons (Fsp3) is 0.688. The van der Waals surface area contributed by atoms with Crippen molar-refractivity contribution in [3.05, 3.63) is 58.2 Å². The summed E-state index contributed by atoms with van der Waals surface area (Å²) in [4.78, 5) is 0. The Bertz CT molecular complexity index is 986. The molecule has 0 radical (unpaired) electrons. The number of aliphatic hydroxyl groups excluding tert-OH is 1. The van der Waals surface area contributed by atoms with E-state index in [1.165, 1.54) is 62.5 Å². The van der Waals surface area contributed by atoms with Gasteiger partial charge in [0.05, 0.1) is 6.10 Å². The highest BCUT2D eigenvalue weighted by molar-refractivity contribution is 5.50. The summed E-state index contributed by atoms with van der Waals surface area (Å²) in [5.74, 6) is 2.14. The van der Waals surface area contributed by atoms with Gasteiger partial charge in [0.2, 0.25) is 0 Å². The number of allylic oxidation sites excluding steroid dienone is 4. The monoisotopic (exact) mass is 447 g/mol. The first-order valence-corrected chi connectivity index (χ1v) is 13.7. The summed E-state index contributed by atoms with van der Waals surface area (Å²) in [6.07, 6.45) is 13.5. The zero-order valence-electron chi connectivity index (χ0n) is 23.0. The van der Waals surface area contributed by atoms with E-state index in [0.29, 0.717) is 11.3 Å². The van der Waals surface area contributed by atoms with E-state index in [1.807, 2.05) is 0 Å². The lowest BCUT2D eigenvalue weighted by atomic mass is 9.46. The van der Waals surface area contributed by atoms with E-state index >= 15 is 0 Å². The molecule has 1 N–H and O–H groups in total. The molecule has 4 aliphatic rings. The van der Waals surface area contributed by atoms with E-state index < -0.39 is 0 Å². The molecule has 0 amide bonds. The topological polar surface area (TPSA) is 20.2 Å². The Kier molecular flexibility index (Phi) is 5.75. The molecule has 0 spiro atoms. The number of aliphatic hydroxyl groups is 1. The highest BCUT2D eigenvalue weighted by Gasteiger charge is 2.57. The van der Waals surface area contributed by atoms with Crippen LogP contribution in [-0.2, 0) is 6.42 Å². The molecule has 1 aromatic rings. The van der Waals surface area contributed by atoms with Gasteiger partial charge in [-0.3, -0.25) is 0 Å². The van der Waals surface area contributed by atoms with Crippen molar-refractivity contribution < 1.29 is 6.53 Å². The summed E-state index contributed by atoms with van der Waals surface area (Å²) < 4.78 is 0. The summed E-state index contributed by atoms with van der Waals surface area (Å²) >= 11 is 0. The van der Waals surface area contributed by atoms with Crippen molar-refractivity contribution in [2.75, 3.05) is 0 Å². The van der Waals surface area contributed by atoms with E-state index in [0.717, 1.165) is 18.3 Å². The van der Waals surface area contributed by atoms with Crippen LogP contribution in [0.4, 0.5) is 0 Å². The van der Waals surface area contributed by atoms with E-state index in [2.05, 4.69) is 71.9 Å². The minimum atomic E-state index is -0.143. The fourth-order valence-electron chi connectivity index (χ4n) is 9.05. The van der Waals surface area contributed by atoms with Gasteiger partial charge >= 0.3 is 1.43 Å². The lowest BCUT2D eigenvalue weighted by Gasteiger charge is -2.59. The number of benzene rings is 1. The SMILES string of the molecule is Cc1ccccc1CC[C@@H](C)[C@H]1CC=C2C3=C(CC[C@@]21C)[C@@]1(C)CC[C@H](O)C(C)(C)[C@@H]1CC3.[H+]. The molecule has 1 saturated carbocycles. The second-order valence-corrected chi connectivity index (χ2v) is 13.2. The average molecular weight is 448 g/mol. The molecule has 0 aromatic heterocycles. The zero-order valence-corrected chi connectivity index (χ0v) is 22.0. The second-order valence-electron chi connectivity index (χ2n) is 13.2. The van der Waals surface area contributed by atoms with Crippen LogP contribution in [0, 0.1) is 40.9 Å². The molecule has 6 atom stereocenters. The van der Waals surface area contributed by atoms with Crippen LogP contribution in [0.1, 0.15) is 98.5 Å². The molecule has 0 heterocycles. The number of hydrogen-bond donors (Lipinski definition) is 1. The van der Waals surface area contributed by atoms with Gasteiger partial charge in [-0.2, -0.15) is 0 Å². The van der Waals surface area contributed by atoms with Crippen molar-refractivity contribution in [1.82, 2.24) is 0 Å². The Morgan fingerprint density at radius 1 is 1.03 bits per heavy atom. The van der Waals surface area contributed by atoms with Gasteiger partial charge in [0.1, 0.15) is 0 Å². The van der Waals surface area contributed by atoms with Crippen LogP contribution in [0.25, 0.3) is 0 Å². The summed E-state index contributed by atoms with van der Waals surface area (Å²) in [6, 6.07) is 8.93. The van der Waals surface area contributed by atoms with E-state index in [1.54, 1.807) is 16.7 Å². The highest BCUT2D eigenvalue weighted by atomic mass is 16.3. The third-order valence-corrected chi connectivity index (χ3v) is 11.2. The average Bonchev–Trinajstić information content (AvgIpc) is 3.13. The van der Waals surface area contributed by atoms with E-state index in [-0.39, 0.29) is 18.4 Å². The lowest BCUT2D eigenvalue weighted by molar-refractivity contribution is -0.0905. The van der Waals surface area contributed by atoms with Crippen LogP contribution in [0.5, 0.6) is 0 Å². The van der Waals surface area contributed by atoms with Gasteiger partial charge in [-0.1, -0.05) is 70.5 Å². The summed E-state index contributed by atoms with van der Waals surface area (Å²) in [6.45, 7) is 14.6. The molecule has 1 heteroatoms. The summed E-state index contributed by atoms with van der Waals surface area (Å²) in [5, 5.41) is 10.8. The number of aryl methyl sites for hydroxylation is 2. The minimum Gasteiger partial charge on any atom is -0.393 e. The summed E-state index contributed by atoms with van der Waals surface area (Å²) in [7, 11) is 0. The first-order chi connectivity index (χ1) is 15.6. The van der Waals surface area contributed by atoms with E-state index in [9.17, 15) is 5.11 Å². The van der Waals surface area contributed by atoms with Crippen molar-refractivity contribution in [2.24, 2.45) is 34.0 Å². The second kappa shape index (κ2) is 8.11. The van der Waals surface area contributed by atoms with Crippen molar-refractivity contribution in [3.63, 3.8) is 0 Å². The fourth-order valence-corrected chi connectivity index (χ4v) is 9.05. The zero-order chi connectivity index (χ0) is 23.6. The van der Waals surface area contributed by atoms with Crippen molar-refractivity contribution in [2.45, 2.75) is 105 Å². The third kappa shape index (κ3) is 3.51. The van der Waals surface area contributed by atoms with Gasteiger partial charge in [-0.15, -0.1) is 0 Å². The lowest BCUT2D eigenvalue weighted by Crippen LogP contribution is -2.53. The van der Waals surface area contributed by atoms with Gasteiger partial charge < -0.3 is 5.11 Å². The maximum absolute atomic E-state index is 10.8. The predicted octanol–water partition coefficient (Wildman–Crippen LogP) is 8.32. The Hall–Kier alpha value is -1.34. The number of hydrogen-bond acceptors (Lipinski definition) is 1. The smallest absolute Gasteiger partial charge is 0.393 e. The van der Waals surface area contributed by atoms with Gasteiger partial charge in [-0.05, 0) is 121 Å². The minimum absolute atomic E-state index is 0. The standard InChI is InChI=1S/C32H46O/c1-21-9-7-8-10-23(21)12-11-22(2)25-14-15-26-24-13-16-28-30(3,4)29(33)18-20-32(28,6)27(24)17-19-31(25,26)5/h7-10,15,22,25,28-29,33H,11-14,16-20H2,1-6H3/p+1/t22-,25-,28+,29+,31-,32-/m1/s1. The van der Waals surface area contributed by atoms with Gasteiger partial charge in [0, 0.05) is 0 Å². The quantitative estimate of drug-likeness (QED) is 0.492. The Morgan fingerprint density at radius 3 is 2.55 bits per heavy atom. The van der Waals surface area contributed by atoms with Crippen LogP contribution in [0.2, 0.25) is 0 Å². The molecule has 4 aliphatic carbocycles. The highest BCUT2D eigenvalue weighted by Crippen LogP contribution is 2.66. The first-order valence-electron chi connectivity index (χ1n) is 13.7. The molecule has 0 bridgehead atoms. The normalized spacial score (nSPS) is 38.3. The van der Waals surface area contributed by atoms with Crippen molar-refractivity contribution >= 4 is 0 Å². The Labute approximate surface area is 204 Å². The largest absolute Gasteiger partial charge is 1.00 e. The van der Waals surface area contributed by atoms with Crippen LogP contribution >= 0.6 is 0 Å². The number of rotatable bonds is 4. The van der Waals surface area contributed by atoms with Crippen LogP contribution in [0.3, 0.4) is 0 Å². The van der Waals surface area contributed by atoms with E-state index in [4.69, 9.17) is 0 Å². The van der Waals surface area contributed by atoms with Crippen LogP contribution in [-0.4, -0.2) is 11.2 Å². The molecule has 180 valence electrons.